The van der Waals surface area contributed by atoms with Crippen molar-refractivity contribution in [2.45, 2.75) is 32.9 Å². The van der Waals surface area contributed by atoms with Crippen LogP contribution in [0.4, 0.5) is 0 Å². The zero-order chi connectivity index (χ0) is 20.2. The van der Waals surface area contributed by atoms with Gasteiger partial charge in [0, 0.05) is 12.7 Å². The van der Waals surface area contributed by atoms with Crippen molar-refractivity contribution >= 4 is 6.29 Å². The monoisotopic (exact) mass is 439 g/mol. The first-order valence-corrected chi connectivity index (χ1v) is 8.80. The molecule has 0 aliphatic heterocycles. The number of carbonyl (C=O) groups is 1. The Bertz CT molecular complexity index is 536. The number of nitrogens with zero attached hydrogens (tertiary/aromatic N) is 4. The van der Waals surface area contributed by atoms with Crippen LogP contribution in [0.5, 0.6) is 0 Å². The fraction of sp³-hybridized carbons (Fsp3) is 0.500. The molecule has 0 fully saturated rings. The molecule has 1 aromatic carbocycles. The second-order valence-electron chi connectivity index (χ2n) is 5.14. The third-order valence-electron chi connectivity index (χ3n) is 2.80. The van der Waals surface area contributed by atoms with Crippen molar-refractivity contribution < 1.29 is 108 Å². The van der Waals surface area contributed by atoms with E-state index in [1.807, 2.05) is 56.9 Å². The molecule has 0 bridgehead atoms. The zero-order valence-corrected chi connectivity index (χ0v) is 25.6. The molecular formula is C20H35K2N5O. The van der Waals surface area contributed by atoms with Crippen molar-refractivity contribution in [3.8, 4) is 0 Å². The van der Waals surface area contributed by atoms with Crippen LogP contribution < -0.4 is 108 Å². The second kappa shape index (κ2) is 28.3. The molecule has 148 valence electrons. The van der Waals surface area contributed by atoms with Gasteiger partial charge in [0.25, 0.3) is 0 Å². The van der Waals surface area contributed by atoms with Crippen LogP contribution in [0.3, 0.4) is 0 Å². The molecular weight excluding hydrogens is 404 g/mol. The number of carbonyl (C=O) groups excluding carboxylic acids is 1. The van der Waals surface area contributed by atoms with Crippen molar-refractivity contribution in [1.82, 2.24) is 14.9 Å². The van der Waals surface area contributed by atoms with Gasteiger partial charge in [-0.05, 0) is 26.1 Å². The average Bonchev–Trinajstić information content (AvgIpc) is 3.10. The van der Waals surface area contributed by atoms with Gasteiger partial charge in [-0.15, -0.1) is 0 Å². The molecule has 0 aliphatic rings. The van der Waals surface area contributed by atoms with E-state index in [-0.39, 0.29) is 109 Å². The van der Waals surface area contributed by atoms with E-state index < -0.39 is 0 Å². The Balaban J connectivity index is -0.000000252. The molecule has 1 aromatic heterocycles. The number of nitrogens with one attached hydrogen (secondary N) is 1. The van der Waals surface area contributed by atoms with E-state index in [1.54, 1.807) is 27.5 Å². The van der Waals surface area contributed by atoms with Gasteiger partial charge in [-0.2, -0.15) is 21.1 Å². The van der Waals surface area contributed by atoms with E-state index in [0.29, 0.717) is 6.42 Å². The number of rotatable bonds is 6. The van der Waals surface area contributed by atoms with E-state index >= 15 is 0 Å². The first-order chi connectivity index (χ1) is 12.6. The number of likely N-dealkylation sites (N-methyl/N-ethyl adjacent to an activating group) is 1. The van der Waals surface area contributed by atoms with E-state index in [1.165, 1.54) is 5.56 Å². The number of aromatic nitrogens is 2. The molecule has 2 rings (SSSR count). The van der Waals surface area contributed by atoms with Gasteiger partial charge in [0.2, 0.25) is 0 Å². The smallest absolute Gasteiger partial charge is 0.668 e. The maximum Gasteiger partial charge on any atom is 1.00 e. The molecule has 1 N–H and O–H groups in total. The van der Waals surface area contributed by atoms with Gasteiger partial charge < -0.3 is 25.3 Å². The van der Waals surface area contributed by atoms with Crippen LogP contribution in [0.1, 0.15) is 25.1 Å². The Kier molecular flexibility index (Phi) is 36.9. The molecule has 28 heavy (non-hydrogen) atoms. The number of imidazole rings is 1. The summed E-state index contributed by atoms with van der Waals surface area (Å²) in [6.07, 6.45) is 5.19. The van der Waals surface area contributed by atoms with Crippen molar-refractivity contribution in [1.29, 1.82) is 0 Å². The Labute approximate surface area is 257 Å². The van der Waals surface area contributed by atoms with Crippen molar-refractivity contribution in [3.05, 3.63) is 64.7 Å². The number of hydrogen-bond acceptors (Lipinski definition) is 3. The molecule has 8 heteroatoms. The third-order valence-corrected chi connectivity index (χ3v) is 2.80. The standard InChI is InChI=1S/C14H16N3O.C2H7N.C2H6N.C2H6.2K/c1-15-14(10-18)7-13-9-17(11-16-13)8-12-5-3-2-4-6-12;2*1-3-2;1-2;;/h2-6,9-11,14H,7-8H2,1H3;3H,1-2H3;1-2H3;1-2H3;;/q-1;;-1;;2*+1. The Morgan fingerprint density at radius 2 is 1.61 bits per heavy atom. The van der Waals surface area contributed by atoms with Gasteiger partial charge in [-0.3, -0.25) is 0 Å². The van der Waals surface area contributed by atoms with Gasteiger partial charge in [0.05, 0.1) is 12.0 Å². The summed E-state index contributed by atoms with van der Waals surface area (Å²) in [5.41, 5.74) is 2.13. The fourth-order valence-electron chi connectivity index (χ4n) is 1.81. The SMILES string of the molecule is CC.CNC.C[N-]C.C[N-]C(C=O)Cc1cn(Cc2ccccc2)cn1.[K+].[K+]. The molecule has 6 nitrogen and oxygen atoms in total. The van der Waals surface area contributed by atoms with Gasteiger partial charge in [0.15, 0.2) is 0 Å². The van der Waals surface area contributed by atoms with Crippen LogP contribution in [0.2, 0.25) is 0 Å². The van der Waals surface area contributed by atoms with Crippen LogP contribution in [0, 0.1) is 0 Å². The average molecular weight is 440 g/mol. The zero-order valence-electron chi connectivity index (χ0n) is 19.3. The topological polar surface area (TPSA) is 75.1 Å². The van der Waals surface area contributed by atoms with Gasteiger partial charge in [-0.1, -0.05) is 50.2 Å². The van der Waals surface area contributed by atoms with Crippen LogP contribution >= 0.6 is 0 Å². The number of aldehydes is 1. The number of hydrogen-bond donors (Lipinski definition) is 1. The summed E-state index contributed by atoms with van der Waals surface area (Å²) in [4.78, 5) is 15.0. The van der Waals surface area contributed by atoms with Crippen LogP contribution in [-0.2, 0) is 17.8 Å². The first kappa shape index (κ1) is 36.6. The van der Waals surface area contributed by atoms with Crippen LogP contribution in [0.25, 0.3) is 10.6 Å². The summed E-state index contributed by atoms with van der Waals surface area (Å²) in [5, 5.41) is 10.2. The van der Waals surface area contributed by atoms with Gasteiger partial charge >= 0.3 is 103 Å². The quantitative estimate of drug-likeness (QED) is 0.401. The maximum atomic E-state index is 10.7. The molecule has 0 saturated heterocycles. The molecule has 1 atom stereocenters. The van der Waals surface area contributed by atoms with Gasteiger partial charge in [0.1, 0.15) is 6.29 Å². The normalized spacial score (nSPS) is 9.39. The molecule has 1 heterocycles. The fourth-order valence-corrected chi connectivity index (χ4v) is 1.81. The van der Waals surface area contributed by atoms with E-state index in [2.05, 4.69) is 33.1 Å². The summed E-state index contributed by atoms with van der Waals surface area (Å²) in [5.74, 6) is 0. The molecule has 0 spiro atoms. The minimum Gasteiger partial charge on any atom is -0.668 e. The summed E-state index contributed by atoms with van der Waals surface area (Å²) in [6, 6.07) is 9.91. The summed E-state index contributed by atoms with van der Waals surface area (Å²) < 4.78 is 2.02. The Morgan fingerprint density at radius 3 is 2.04 bits per heavy atom. The third kappa shape index (κ3) is 20.5. The molecule has 1 unspecified atom stereocenters. The van der Waals surface area contributed by atoms with Crippen LogP contribution in [0.15, 0.2) is 42.9 Å². The summed E-state index contributed by atoms with van der Waals surface area (Å²) in [6.45, 7) is 4.79. The van der Waals surface area contributed by atoms with E-state index in [9.17, 15) is 4.79 Å². The van der Waals surface area contributed by atoms with Crippen LogP contribution in [-0.4, -0.2) is 57.1 Å². The minimum absolute atomic E-state index is 0. The molecule has 2 aromatic rings. The Morgan fingerprint density at radius 1 is 1.11 bits per heavy atom. The van der Waals surface area contributed by atoms with Crippen molar-refractivity contribution in [2.75, 3.05) is 35.2 Å². The predicted octanol–water partition coefficient (Wildman–Crippen LogP) is -2.47. The Hall–Kier alpha value is 1.25. The van der Waals surface area contributed by atoms with E-state index in [4.69, 9.17) is 0 Å². The van der Waals surface area contributed by atoms with Gasteiger partial charge in [-0.25, -0.2) is 4.98 Å². The predicted molar refractivity (Wildman–Crippen MR) is 112 cm³/mol. The summed E-state index contributed by atoms with van der Waals surface area (Å²) in [7, 11) is 8.90. The van der Waals surface area contributed by atoms with Crippen molar-refractivity contribution in [2.24, 2.45) is 0 Å². The molecule has 0 aliphatic carbocycles. The molecule has 0 radical (unpaired) electrons. The number of benzene rings is 1. The first-order valence-electron chi connectivity index (χ1n) is 8.80. The largest absolute Gasteiger partial charge is 1.00 e. The van der Waals surface area contributed by atoms with E-state index in [0.717, 1.165) is 18.5 Å². The van der Waals surface area contributed by atoms with Crippen molar-refractivity contribution in [3.63, 3.8) is 0 Å². The summed E-state index contributed by atoms with van der Waals surface area (Å²) >= 11 is 0. The maximum absolute atomic E-state index is 10.7. The minimum atomic E-state index is -0.287. The second-order valence-corrected chi connectivity index (χ2v) is 5.14. The molecule has 0 saturated carbocycles. The molecule has 0 amide bonds.